The van der Waals surface area contributed by atoms with Crippen LogP contribution in [0.2, 0.25) is 0 Å². The van der Waals surface area contributed by atoms with Gasteiger partial charge in [-0.25, -0.2) is 4.39 Å². The van der Waals surface area contributed by atoms with Gasteiger partial charge in [-0.3, -0.25) is 0 Å². The Kier molecular flexibility index (Phi) is 4.28. The zero-order valence-corrected chi connectivity index (χ0v) is 17.3. The number of rotatable bonds is 1. The first-order valence-corrected chi connectivity index (χ1v) is 11.4. The van der Waals surface area contributed by atoms with E-state index in [0.29, 0.717) is 23.7 Å². The fraction of sp³-hybridized carbons (Fsp3) is 0.760. The third kappa shape index (κ3) is 2.45. The molecule has 0 heterocycles. The van der Waals surface area contributed by atoms with E-state index in [2.05, 4.69) is 13.8 Å². The zero-order valence-electron chi connectivity index (χ0n) is 17.3. The van der Waals surface area contributed by atoms with Crippen LogP contribution in [0.3, 0.4) is 0 Å². The van der Waals surface area contributed by atoms with E-state index in [1.165, 1.54) is 12.0 Å². The van der Waals surface area contributed by atoms with Crippen LogP contribution in [0.5, 0.6) is 0 Å². The minimum Gasteiger partial charge on any atom is -0.393 e. The summed E-state index contributed by atoms with van der Waals surface area (Å²) in [5.41, 5.74) is 0.731. The van der Waals surface area contributed by atoms with Gasteiger partial charge < -0.3 is 10.2 Å². The fourth-order valence-electron chi connectivity index (χ4n) is 8.43. The van der Waals surface area contributed by atoms with E-state index in [9.17, 15) is 14.6 Å². The van der Waals surface area contributed by atoms with Crippen molar-refractivity contribution >= 4 is 0 Å². The molecule has 1 aromatic carbocycles. The molecule has 0 amide bonds. The lowest BCUT2D eigenvalue weighted by atomic mass is 9.43. The van der Waals surface area contributed by atoms with Gasteiger partial charge in [0.05, 0.1) is 11.7 Å². The summed E-state index contributed by atoms with van der Waals surface area (Å²) in [5, 5.41) is 22.4. The van der Waals surface area contributed by atoms with Crippen molar-refractivity contribution in [1.82, 2.24) is 0 Å². The van der Waals surface area contributed by atoms with E-state index < -0.39 is 5.60 Å². The second-order valence-electron chi connectivity index (χ2n) is 10.9. The van der Waals surface area contributed by atoms with Crippen LogP contribution in [0, 0.1) is 34.4 Å². The van der Waals surface area contributed by atoms with Crippen LogP contribution in [0.1, 0.15) is 83.1 Å². The number of hydrogen-bond donors (Lipinski definition) is 2. The van der Waals surface area contributed by atoms with Gasteiger partial charge in [-0.2, -0.15) is 0 Å². The smallest absolute Gasteiger partial charge is 0.123 e. The van der Waals surface area contributed by atoms with Gasteiger partial charge in [-0.1, -0.05) is 26.0 Å². The van der Waals surface area contributed by atoms with Crippen molar-refractivity contribution in [2.75, 3.05) is 0 Å². The maximum Gasteiger partial charge on any atom is 0.123 e. The summed E-state index contributed by atoms with van der Waals surface area (Å²) in [6.45, 7) is 4.77. The van der Waals surface area contributed by atoms with Crippen LogP contribution in [0.25, 0.3) is 0 Å². The average Bonchev–Trinajstić information content (AvgIpc) is 2.95. The van der Waals surface area contributed by atoms with E-state index in [0.717, 1.165) is 51.4 Å². The SMILES string of the molecule is C[C@]12CC[C@H](O)C[C@H]1CC[C@@H]1[C@@H]2CC[C@]2(C)[C@@H](c3ccc(F)cc3)CC[C@]12O. The highest BCUT2D eigenvalue weighted by Crippen LogP contribution is 2.70. The minimum absolute atomic E-state index is 0.122. The van der Waals surface area contributed by atoms with E-state index in [4.69, 9.17) is 0 Å². The predicted octanol–water partition coefficient (Wildman–Crippen LogP) is 5.43. The van der Waals surface area contributed by atoms with Crippen molar-refractivity contribution < 1.29 is 14.6 Å². The number of aliphatic hydroxyl groups is 2. The highest BCUT2D eigenvalue weighted by molar-refractivity contribution is 5.29. The summed E-state index contributed by atoms with van der Waals surface area (Å²) in [5.74, 6) is 1.69. The normalized spacial score (nSPS) is 50.5. The van der Waals surface area contributed by atoms with Crippen LogP contribution in [-0.2, 0) is 0 Å². The molecule has 3 heteroatoms. The standard InChI is InChI=1S/C25H35FO2/c1-23-12-9-19(27)15-17(23)5-8-22-21(23)10-13-24(2)20(11-14-25(22,24)28)16-3-6-18(26)7-4-16/h3-4,6-7,17,19-22,27-28H,5,8-15H2,1-2H3/t17-,19+,20-,21+,22-,23+,24-,25+/m1/s1. The maximum absolute atomic E-state index is 13.5. The topological polar surface area (TPSA) is 40.5 Å². The molecule has 4 aliphatic rings. The van der Waals surface area contributed by atoms with E-state index >= 15 is 0 Å². The fourth-order valence-corrected chi connectivity index (χ4v) is 8.43. The Hall–Kier alpha value is -0.930. The van der Waals surface area contributed by atoms with Gasteiger partial charge in [-0.05, 0) is 105 Å². The summed E-state index contributed by atoms with van der Waals surface area (Å²) < 4.78 is 13.5. The van der Waals surface area contributed by atoms with Crippen LogP contribution in [0.15, 0.2) is 24.3 Å². The molecule has 4 aliphatic carbocycles. The van der Waals surface area contributed by atoms with Crippen LogP contribution in [-0.4, -0.2) is 21.9 Å². The molecule has 1 aromatic rings. The molecule has 0 saturated heterocycles. The first-order valence-electron chi connectivity index (χ1n) is 11.4. The van der Waals surface area contributed by atoms with Gasteiger partial charge in [0, 0.05) is 5.41 Å². The Morgan fingerprint density at radius 3 is 2.39 bits per heavy atom. The van der Waals surface area contributed by atoms with Crippen molar-refractivity contribution in [3.05, 3.63) is 35.6 Å². The molecule has 0 unspecified atom stereocenters. The molecule has 2 N–H and O–H groups in total. The van der Waals surface area contributed by atoms with Crippen LogP contribution < -0.4 is 0 Å². The number of hydrogen-bond acceptors (Lipinski definition) is 2. The average molecular weight is 387 g/mol. The number of halogens is 1. The summed E-state index contributed by atoms with van der Waals surface area (Å²) in [6, 6.07) is 7.01. The molecule has 8 atom stereocenters. The molecule has 4 fully saturated rings. The molecule has 0 bridgehead atoms. The van der Waals surface area contributed by atoms with Crippen LogP contribution >= 0.6 is 0 Å². The second-order valence-corrected chi connectivity index (χ2v) is 10.9. The summed E-state index contributed by atoms with van der Waals surface area (Å²) in [6.07, 6.45) is 9.21. The van der Waals surface area contributed by atoms with Gasteiger partial charge >= 0.3 is 0 Å². The van der Waals surface area contributed by atoms with Crippen molar-refractivity contribution in [3.8, 4) is 0 Å². The Labute approximate surface area is 168 Å². The molecule has 0 aromatic heterocycles. The number of fused-ring (bicyclic) bond motifs is 5. The van der Waals surface area contributed by atoms with Gasteiger partial charge in [0.2, 0.25) is 0 Å². The van der Waals surface area contributed by atoms with E-state index in [1.54, 1.807) is 12.1 Å². The lowest BCUT2D eigenvalue weighted by molar-refractivity contribution is -0.205. The van der Waals surface area contributed by atoms with Crippen molar-refractivity contribution in [2.24, 2.45) is 28.6 Å². The highest BCUT2D eigenvalue weighted by Gasteiger charge is 2.67. The first-order chi connectivity index (χ1) is 13.3. The maximum atomic E-state index is 13.5. The van der Waals surface area contributed by atoms with Crippen molar-refractivity contribution in [1.29, 1.82) is 0 Å². The Morgan fingerprint density at radius 1 is 0.893 bits per heavy atom. The lowest BCUT2D eigenvalue weighted by Crippen LogP contribution is -2.62. The number of benzene rings is 1. The van der Waals surface area contributed by atoms with Gasteiger partial charge in [0.1, 0.15) is 5.82 Å². The summed E-state index contributed by atoms with van der Waals surface area (Å²) in [4.78, 5) is 0. The van der Waals surface area contributed by atoms with Crippen molar-refractivity contribution in [3.63, 3.8) is 0 Å². The van der Waals surface area contributed by atoms with Gasteiger partial charge in [-0.15, -0.1) is 0 Å². The molecule has 0 radical (unpaired) electrons. The largest absolute Gasteiger partial charge is 0.393 e. The minimum atomic E-state index is -0.612. The molecule has 28 heavy (non-hydrogen) atoms. The summed E-state index contributed by atoms with van der Waals surface area (Å²) in [7, 11) is 0. The summed E-state index contributed by atoms with van der Waals surface area (Å²) >= 11 is 0. The van der Waals surface area contributed by atoms with Gasteiger partial charge in [0.25, 0.3) is 0 Å². The third-order valence-electron chi connectivity index (χ3n) is 10.1. The molecule has 154 valence electrons. The Morgan fingerprint density at radius 2 is 1.64 bits per heavy atom. The zero-order chi connectivity index (χ0) is 19.7. The molecular formula is C25H35FO2. The molecule has 2 nitrogen and oxygen atoms in total. The highest BCUT2D eigenvalue weighted by atomic mass is 19.1. The van der Waals surface area contributed by atoms with Gasteiger partial charge in [0.15, 0.2) is 0 Å². The second kappa shape index (κ2) is 6.28. The monoisotopic (exact) mass is 386 g/mol. The third-order valence-corrected chi connectivity index (χ3v) is 10.1. The molecule has 0 spiro atoms. The predicted molar refractivity (Wildman–Crippen MR) is 108 cm³/mol. The Bertz CT molecular complexity index is 747. The quantitative estimate of drug-likeness (QED) is 0.676. The van der Waals surface area contributed by atoms with E-state index in [1.807, 2.05) is 12.1 Å². The molecule has 5 rings (SSSR count). The first kappa shape index (κ1) is 19.1. The number of aliphatic hydroxyl groups excluding tert-OH is 1. The molecular weight excluding hydrogens is 351 g/mol. The molecule has 0 aliphatic heterocycles. The molecule has 4 saturated carbocycles. The Balaban J connectivity index is 1.47. The van der Waals surface area contributed by atoms with E-state index in [-0.39, 0.29) is 22.8 Å². The lowest BCUT2D eigenvalue weighted by Gasteiger charge is -2.63. The van der Waals surface area contributed by atoms with Crippen molar-refractivity contribution in [2.45, 2.75) is 89.3 Å². The van der Waals surface area contributed by atoms with Crippen LogP contribution in [0.4, 0.5) is 4.39 Å².